The average molecular weight is 258 g/mol. The topological polar surface area (TPSA) is 88.3 Å². The largest absolute Gasteiger partial charge is 0.326 e. The molecule has 7 heteroatoms. The standard InChI is InChI=1S/C10H18N4O2S/c1-3-14(4-2)17(15,16)13-10-6-5-9(7-11)8-12-10/h5-6,8H,3-4,7,11H2,1-2H3,(H,12,13). The van der Waals surface area contributed by atoms with Crippen LogP contribution in [0.4, 0.5) is 5.82 Å². The van der Waals surface area contributed by atoms with Gasteiger partial charge < -0.3 is 5.73 Å². The lowest BCUT2D eigenvalue weighted by Crippen LogP contribution is -2.35. The summed E-state index contributed by atoms with van der Waals surface area (Å²) >= 11 is 0. The second-order valence-electron chi connectivity index (χ2n) is 3.45. The van der Waals surface area contributed by atoms with Crippen molar-refractivity contribution >= 4 is 16.0 Å². The van der Waals surface area contributed by atoms with Gasteiger partial charge in [0.1, 0.15) is 5.82 Å². The van der Waals surface area contributed by atoms with Crippen LogP contribution in [0.2, 0.25) is 0 Å². The van der Waals surface area contributed by atoms with Crippen LogP contribution < -0.4 is 10.5 Å². The Morgan fingerprint density at radius 3 is 2.41 bits per heavy atom. The van der Waals surface area contributed by atoms with Crippen molar-refractivity contribution in [3.63, 3.8) is 0 Å². The van der Waals surface area contributed by atoms with E-state index < -0.39 is 10.2 Å². The van der Waals surface area contributed by atoms with Crippen LogP contribution in [-0.2, 0) is 16.8 Å². The molecule has 0 bridgehead atoms. The fourth-order valence-electron chi connectivity index (χ4n) is 1.37. The van der Waals surface area contributed by atoms with E-state index in [2.05, 4.69) is 9.71 Å². The molecule has 1 aromatic heterocycles. The first-order chi connectivity index (χ1) is 8.03. The van der Waals surface area contributed by atoms with Gasteiger partial charge in [-0.3, -0.25) is 4.72 Å². The molecule has 0 radical (unpaired) electrons. The molecule has 0 aliphatic heterocycles. The second-order valence-corrected chi connectivity index (χ2v) is 5.12. The third-order valence-corrected chi connectivity index (χ3v) is 4.00. The van der Waals surface area contributed by atoms with Crippen molar-refractivity contribution in [2.24, 2.45) is 5.73 Å². The van der Waals surface area contributed by atoms with E-state index in [4.69, 9.17) is 5.73 Å². The molecule has 0 aliphatic carbocycles. The first kappa shape index (κ1) is 13.9. The first-order valence-electron chi connectivity index (χ1n) is 5.46. The minimum atomic E-state index is -3.51. The molecule has 0 saturated carbocycles. The Morgan fingerprint density at radius 2 is 2.00 bits per heavy atom. The number of pyridine rings is 1. The van der Waals surface area contributed by atoms with E-state index in [1.165, 1.54) is 4.31 Å². The fraction of sp³-hybridized carbons (Fsp3) is 0.500. The number of anilines is 1. The minimum absolute atomic E-state index is 0.300. The molecule has 0 fully saturated rings. The number of nitrogens with two attached hydrogens (primary N) is 1. The number of nitrogens with one attached hydrogen (secondary N) is 1. The summed E-state index contributed by atoms with van der Waals surface area (Å²) in [4.78, 5) is 3.99. The van der Waals surface area contributed by atoms with E-state index >= 15 is 0 Å². The zero-order chi connectivity index (χ0) is 12.9. The summed E-state index contributed by atoms with van der Waals surface area (Å²) in [7, 11) is -3.51. The monoisotopic (exact) mass is 258 g/mol. The molecule has 17 heavy (non-hydrogen) atoms. The van der Waals surface area contributed by atoms with Crippen LogP contribution in [0.25, 0.3) is 0 Å². The van der Waals surface area contributed by atoms with Crippen molar-refractivity contribution in [2.75, 3.05) is 17.8 Å². The van der Waals surface area contributed by atoms with Crippen molar-refractivity contribution in [1.82, 2.24) is 9.29 Å². The smallest absolute Gasteiger partial charge is 0.302 e. The van der Waals surface area contributed by atoms with Crippen LogP contribution in [0.15, 0.2) is 18.3 Å². The SMILES string of the molecule is CCN(CC)S(=O)(=O)Nc1ccc(CN)cn1. The average Bonchev–Trinajstić information content (AvgIpc) is 2.30. The zero-order valence-electron chi connectivity index (χ0n) is 10.0. The Kier molecular flexibility index (Phi) is 4.86. The molecule has 1 rings (SSSR count). The highest BCUT2D eigenvalue weighted by molar-refractivity contribution is 7.90. The lowest BCUT2D eigenvalue weighted by atomic mass is 10.3. The van der Waals surface area contributed by atoms with Gasteiger partial charge in [-0.15, -0.1) is 0 Å². The molecule has 0 atom stereocenters. The van der Waals surface area contributed by atoms with Crippen LogP contribution in [0.3, 0.4) is 0 Å². The molecular weight excluding hydrogens is 240 g/mol. The Balaban J connectivity index is 2.82. The van der Waals surface area contributed by atoms with Gasteiger partial charge in [-0.2, -0.15) is 12.7 Å². The van der Waals surface area contributed by atoms with Crippen LogP contribution in [0.5, 0.6) is 0 Å². The Hall–Kier alpha value is -1.18. The minimum Gasteiger partial charge on any atom is -0.326 e. The van der Waals surface area contributed by atoms with E-state index in [0.29, 0.717) is 25.5 Å². The summed E-state index contributed by atoms with van der Waals surface area (Å²) in [5.41, 5.74) is 6.29. The Morgan fingerprint density at radius 1 is 1.35 bits per heavy atom. The van der Waals surface area contributed by atoms with Gasteiger partial charge in [0, 0.05) is 25.8 Å². The van der Waals surface area contributed by atoms with Crippen LogP contribution in [-0.4, -0.2) is 30.8 Å². The number of hydrogen-bond acceptors (Lipinski definition) is 4. The molecule has 96 valence electrons. The molecule has 0 unspecified atom stereocenters. The van der Waals surface area contributed by atoms with E-state index in [0.717, 1.165) is 5.56 Å². The maximum atomic E-state index is 11.9. The van der Waals surface area contributed by atoms with Crippen molar-refractivity contribution in [2.45, 2.75) is 20.4 Å². The number of hydrogen-bond donors (Lipinski definition) is 2. The highest BCUT2D eigenvalue weighted by Gasteiger charge is 2.18. The number of aromatic nitrogens is 1. The fourth-order valence-corrected chi connectivity index (χ4v) is 2.56. The van der Waals surface area contributed by atoms with Gasteiger partial charge in [-0.05, 0) is 11.6 Å². The van der Waals surface area contributed by atoms with Crippen LogP contribution >= 0.6 is 0 Å². The molecule has 0 amide bonds. The highest BCUT2D eigenvalue weighted by atomic mass is 32.2. The predicted octanol–water partition coefficient (Wildman–Crippen LogP) is 0.539. The molecule has 1 heterocycles. The summed E-state index contributed by atoms with van der Waals surface area (Å²) in [5, 5.41) is 0. The maximum Gasteiger partial charge on any atom is 0.302 e. The maximum absolute atomic E-state index is 11.9. The summed E-state index contributed by atoms with van der Waals surface area (Å²) in [6.45, 7) is 4.80. The van der Waals surface area contributed by atoms with Crippen LogP contribution in [0.1, 0.15) is 19.4 Å². The molecule has 0 aromatic carbocycles. The van der Waals surface area contributed by atoms with Crippen molar-refractivity contribution in [1.29, 1.82) is 0 Å². The highest BCUT2D eigenvalue weighted by Crippen LogP contribution is 2.09. The Bertz CT molecular complexity index is 440. The zero-order valence-corrected chi connectivity index (χ0v) is 10.9. The van der Waals surface area contributed by atoms with Gasteiger partial charge in [0.05, 0.1) is 0 Å². The molecule has 0 spiro atoms. The van der Waals surface area contributed by atoms with Gasteiger partial charge in [-0.1, -0.05) is 19.9 Å². The van der Waals surface area contributed by atoms with Gasteiger partial charge >= 0.3 is 10.2 Å². The third-order valence-electron chi connectivity index (χ3n) is 2.34. The third kappa shape index (κ3) is 3.65. The summed E-state index contributed by atoms with van der Waals surface area (Å²) < 4.78 is 27.5. The quantitative estimate of drug-likeness (QED) is 0.779. The molecule has 1 aromatic rings. The summed E-state index contributed by atoms with van der Waals surface area (Å²) in [6, 6.07) is 3.34. The van der Waals surface area contributed by atoms with Crippen LogP contribution in [0, 0.1) is 0 Å². The van der Waals surface area contributed by atoms with Gasteiger partial charge in [0.2, 0.25) is 0 Å². The molecule has 3 N–H and O–H groups in total. The van der Waals surface area contributed by atoms with Gasteiger partial charge in [0.25, 0.3) is 0 Å². The summed E-state index contributed by atoms with van der Waals surface area (Å²) in [5.74, 6) is 0.300. The van der Waals surface area contributed by atoms with E-state index in [9.17, 15) is 8.42 Å². The van der Waals surface area contributed by atoms with E-state index in [1.54, 1.807) is 32.2 Å². The van der Waals surface area contributed by atoms with Crippen molar-refractivity contribution in [3.8, 4) is 0 Å². The molecule has 0 saturated heterocycles. The van der Waals surface area contributed by atoms with E-state index in [-0.39, 0.29) is 0 Å². The van der Waals surface area contributed by atoms with Crippen molar-refractivity contribution in [3.05, 3.63) is 23.9 Å². The van der Waals surface area contributed by atoms with Crippen molar-refractivity contribution < 1.29 is 8.42 Å². The predicted molar refractivity (Wildman–Crippen MR) is 67.6 cm³/mol. The molecule has 0 aliphatic rings. The molecule has 6 nitrogen and oxygen atoms in total. The lowest BCUT2D eigenvalue weighted by Gasteiger charge is -2.18. The van der Waals surface area contributed by atoms with E-state index in [1.807, 2.05) is 0 Å². The van der Waals surface area contributed by atoms with Gasteiger partial charge in [0.15, 0.2) is 0 Å². The number of rotatable bonds is 6. The Labute approximate surface area is 102 Å². The second kappa shape index (κ2) is 5.95. The van der Waals surface area contributed by atoms with Gasteiger partial charge in [-0.25, -0.2) is 4.98 Å². The lowest BCUT2D eigenvalue weighted by molar-refractivity contribution is 0.449. The normalized spacial score (nSPS) is 11.8. The number of nitrogens with zero attached hydrogens (tertiary/aromatic N) is 2. The first-order valence-corrected chi connectivity index (χ1v) is 6.90. The summed E-state index contributed by atoms with van der Waals surface area (Å²) in [6.07, 6.45) is 1.56. The molecular formula is C10H18N4O2S.